The highest BCUT2D eigenvalue weighted by Gasteiger charge is 2.31. The third-order valence-corrected chi connectivity index (χ3v) is 3.67. The molecule has 2 amide bonds. The van der Waals surface area contributed by atoms with Crippen LogP contribution in [-0.4, -0.2) is 34.6 Å². The van der Waals surface area contributed by atoms with Crippen molar-refractivity contribution in [2.24, 2.45) is 0 Å². The van der Waals surface area contributed by atoms with Crippen LogP contribution in [0.5, 0.6) is 0 Å². The van der Waals surface area contributed by atoms with Crippen LogP contribution in [0.15, 0.2) is 24.4 Å². The van der Waals surface area contributed by atoms with Gasteiger partial charge in [0.2, 0.25) is 0 Å². The number of nitrogens with one attached hydrogen (secondary N) is 2. The van der Waals surface area contributed by atoms with Crippen LogP contribution in [0, 0.1) is 0 Å². The van der Waals surface area contributed by atoms with Gasteiger partial charge in [0.15, 0.2) is 0 Å². The summed E-state index contributed by atoms with van der Waals surface area (Å²) in [6.07, 6.45) is 2.09. The van der Waals surface area contributed by atoms with Crippen LogP contribution in [0.25, 0.3) is 10.9 Å². The van der Waals surface area contributed by atoms with Gasteiger partial charge in [-0.25, -0.2) is 9.48 Å². The second-order valence-corrected chi connectivity index (χ2v) is 5.58. The van der Waals surface area contributed by atoms with Crippen molar-refractivity contribution < 1.29 is 18.3 Å². The highest BCUT2D eigenvalue weighted by Crippen LogP contribution is 2.23. The Morgan fingerprint density at radius 1 is 1.50 bits per heavy atom. The average Bonchev–Trinajstić information content (AvgIpc) is 3.04. The summed E-state index contributed by atoms with van der Waals surface area (Å²) >= 11 is 0. The van der Waals surface area contributed by atoms with Crippen molar-refractivity contribution in [1.82, 2.24) is 15.1 Å². The number of rotatable bonds is 3. The van der Waals surface area contributed by atoms with E-state index in [2.05, 4.69) is 15.7 Å². The smallest absolute Gasteiger partial charge is 0.333 e. The number of ether oxygens (including phenoxy) is 1. The molecule has 6 nitrogen and oxygen atoms in total. The van der Waals surface area contributed by atoms with Gasteiger partial charge in [0.1, 0.15) is 0 Å². The molecular formula is C14H16F2N4O2. The van der Waals surface area contributed by atoms with Gasteiger partial charge >= 0.3 is 12.6 Å². The van der Waals surface area contributed by atoms with E-state index in [1.807, 2.05) is 6.92 Å². The molecule has 0 unspecified atom stereocenters. The zero-order chi connectivity index (χ0) is 15.7. The predicted molar refractivity (Wildman–Crippen MR) is 77.0 cm³/mol. The van der Waals surface area contributed by atoms with Crippen LogP contribution >= 0.6 is 0 Å². The number of fused-ring (bicyclic) bond motifs is 1. The molecule has 2 aromatic rings. The third kappa shape index (κ3) is 2.87. The molecule has 0 bridgehead atoms. The molecule has 1 aromatic carbocycles. The third-order valence-electron chi connectivity index (χ3n) is 3.67. The molecule has 22 heavy (non-hydrogen) atoms. The molecule has 8 heteroatoms. The molecule has 1 aliphatic heterocycles. The minimum atomic E-state index is -2.69. The molecule has 2 N–H and O–H groups in total. The molecule has 118 valence electrons. The van der Waals surface area contributed by atoms with Crippen LogP contribution in [-0.2, 0) is 4.74 Å². The Bertz CT molecular complexity index is 695. The van der Waals surface area contributed by atoms with Crippen molar-refractivity contribution in [3.8, 4) is 0 Å². The van der Waals surface area contributed by atoms with Gasteiger partial charge in [-0.1, -0.05) is 0 Å². The molecule has 1 saturated heterocycles. The number of hydrogen-bond acceptors (Lipinski definition) is 3. The largest absolute Gasteiger partial charge is 0.379 e. The second-order valence-electron chi connectivity index (χ2n) is 5.58. The summed E-state index contributed by atoms with van der Waals surface area (Å²) in [4.78, 5) is 12.0. The van der Waals surface area contributed by atoms with Crippen LogP contribution in [0.4, 0.5) is 19.3 Å². The summed E-state index contributed by atoms with van der Waals surface area (Å²) in [6.45, 7) is 0.313. The van der Waals surface area contributed by atoms with Crippen molar-refractivity contribution in [3.63, 3.8) is 0 Å². The molecule has 3 rings (SSSR count). The number of benzene rings is 1. The lowest BCUT2D eigenvalue weighted by molar-refractivity contribution is 0.0615. The van der Waals surface area contributed by atoms with Gasteiger partial charge in [0, 0.05) is 17.7 Å². The van der Waals surface area contributed by atoms with Crippen LogP contribution < -0.4 is 10.6 Å². The van der Waals surface area contributed by atoms with Gasteiger partial charge in [-0.3, -0.25) is 0 Å². The van der Waals surface area contributed by atoms with Crippen molar-refractivity contribution in [2.45, 2.75) is 25.4 Å². The first-order chi connectivity index (χ1) is 10.5. The lowest BCUT2D eigenvalue weighted by Crippen LogP contribution is -2.48. The van der Waals surface area contributed by atoms with E-state index in [-0.39, 0.29) is 11.6 Å². The standard InChI is InChI=1S/C14H16F2N4O2/c1-14(4-5-22-8-14)19-13(21)18-10-2-3-11-9(6-10)7-17-20(11)12(15)16/h2-3,6-7,12H,4-5,8H2,1H3,(H2,18,19,21)/t14-/m1/s1. The molecule has 0 aliphatic carbocycles. The molecular weight excluding hydrogens is 294 g/mol. The van der Waals surface area contributed by atoms with Gasteiger partial charge < -0.3 is 15.4 Å². The minimum absolute atomic E-state index is 0.317. The summed E-state index contributed by atoms with van der Waals surface area (Å²) in [5.41, 5.74) is 0.452. The molecule has 1 fully saturated rings. The maximum absolute atomic E-state index is 12.7. The number of carbonyl (C=O) groups excluding carboxylic acids is 1. The van der Waals surface area contributed by atoms with Gasteiger partial charge in [-0.15, -0.1) is 0 Å². The summed E-state index contributed by atoms with van der Waals surface area (Å²) < 4.78 is 31.3. The molecule has 0 radical (unpaired) electrons. The number of anilines is 1. The number of amides is 2. The predicted octanol–water partition coefficient (Wildman–Crippen LogP) is 2.73. The Kier molecular flexibility index (Phi) is 3.69. The van der Waals surface area contributed by atoms with E-state index in [0.29, 0.717) is 34.5 Å². The van der Waals surface area contributed by atoms with Crippen LogP contribution in [0.1, 0.15) is 19.9 Å². The van der Waals surface area contributed by atoms with E-state index >= 15 is 0 Å². The molecule has 2 heterocycles. The first-order valence-corrected chi connectivity index (χ1v) is 6.89. The number of carbonyl (C=O) groups is 1. The first-order valence-electron chi connectivity index (χ1n) is 6.89. The SMILES string of the molecule is C[C@@]1(NC(=O)Nc2ccc3c(cnn3C(F)F)c2)CCOC1. The lowest BCUT2D eigenvalue weighted by atomic mass is 10.0. The fourth-order valence-electron chi connectivity index (χ4n) is 2.49. The van der Waals surface area contributed by atoms with Crippen molar-refractivity contribution >= 4 is 22.6 Å². The van der Waals surface area contributed by atoms with Gasteiger partial charge in [0.25, 0.3) is 0 Å². The fourth-order valence-corrected chi connectivity index (χ4v) is 2.49. The Labute approximate surface area is 125 Å². The molecule has 1 aromatic heterocycles. The Morgan fingerprint density at radius 2 is 2.32 bits per heavy atom. The number of alkyl halides is 2. The summed E-state index contributed by atoms with van der Waals surface area (Å²) in [5.74, 6) is 0. The summed E-state index contributed by atoms with van der Waals surface area (Å²) in [7, 11) is 0. The summed E-state index contributed by atoms with van der Waals surface area (Å²) in [5, 5.41) is 9.72. The van der Waals surface area contributed by atoms with E-state index in [0.717, 1.165) is 6.42 Å². The zero-order valence-electron chi connectivity index (χ0n) is 12.0. The van der Waals surface area contributed by atoms with Crippen molar-refractivity contribution in [2.75, 3.05) is 18.5 Å². The number of urea groups is 1. The van der Waals surface area contributed by atoms with Crippen molar-refractivity contribution in [1.29, 1.82) is 0 Å². The number of hydrogen-bond donors (Lipinski definition) is 2. The maximum atomic E-state index is 12.7. The first kappa shape index (κ1) is 14.7. The minimum Gasteiger partial charge on any atom is -0.379 e. The average molecular weight is 310 g/mol. The van der Waals surface area contributed by atoms with Crippen LogP contribution in [0.3, 0.4) is 0 Å². The van der Waals surface area contributed by atoms with Crippen molar-refractivity contribution in [3.05, 3.63) is 24.4 Å². The second kappa shape index (κ2) is 5.53. The topological polar surface area (TPSA) is 68.2 Å². The number of nitrogens with zero attached hydrogens (tertiary/aromatic N) is 2. The van der Waals surface area contributed by atoms with Gasteiger partial charge in [-0.05, 0) is 31.5 Å². The van der Waals surface area contributed by atoms with E-state index in [1.165, 1.54) is 12.3 Å². The van der Waals surface area contributed by atoms with E-state index in [4.69, 9.17) is 4.74 Å². The van der Waals surface area contributed by atoms with Crippen LogP contribution in [0.2, 0.25) is 0 Å². The zero-order valence-corrected chi connectivity index (χ0v) is 12.0. The maximum Gasteiger partial charge on any atom is 0.333 e. The lowest BCUT2D eigenvalue weighted by Gasteiger charge is -2.23. The number of aromatic nitrogens is 2. The highest BCUT2D eigenvalue weighted by atomic mass is 19.3. The molecule has 1 atom stereocenters. The molecule has 0 spiro atoms. The Hall–Kier alpha value is -2.22. The Balaban J connectivity index is 1.72. The van der Waals surface area contributed by atoms with Gasteiger partial charge in [0.05, 0.1) is 23.9 Å². The quantitative estimate of drug-likeness (QED) is 0.916. The van der Waals surface area contributed by atoms with E-state index < -0.39 is 6.55 Å². The number of halogens is 2. The molecule has 0 saturated carbocycles. The monoisotopic (exact) mass is 310 g/mol. The normalized spacial score (nSPS) is 21.5. The van der Waals surface area contributed by atoms with Gasteiger partial charge in [-0.2, -0.15) is 13.9 Å². The molecule has 1 aliphatic rings. The Morgan fingerprint density at radius 3 is 3.00 bits per heavy atom. The van der Waals surface area contributed by atoms with E-state index in [1.54, 1.807) is 12.1 Å². The highest BCUT2D eigenvalue weighted by molar-refractivity contribution is 5.93. The summed E-state index contributed by atoms with van der Waals surface area (Å²) in [6, 6.07) is 4.32. The van der Waals surface area contributed by atoms with E-state index in [9.17, 15) is 13.6 Å². The fraction of sp³-hybridized carbons (Fsp3) is 0.429.